The average molecular weight is 307 g/mol. The molecule has 0 unspecified atom stereocenters. The standard InChI is InChI=1S/C21H25NO/c23-21(19-11-5-2-6-12-19)20-13-16-22(17-14-20)15-7-10-18-8-3-1-4-9-18/h1-6,8-9,11-12,20H,7,10,13-17H2. The third-order valence-electron chi connectivity index (χ3n) is 4.80. The fourth-order valence-electron chi connectivity index (χ4n) is 3.41. The summed E-state index contributed by atoms with van der Waals surface area (Å²) < 4.78 is 0. The number of hydrogen-bond acceptors (Lipinski definition) is 2. The summed E-state index contributed by atoms with van der Waals surface area (Å²) in [7, 11) is 0. The molecule has 2 aromatic rings. The first-order valence-electron chi connectivity index (χ1n) is 8.68. The summed E-state index contributed by atoms with van der Waals surface area (Å²) in [5.41, 5.74) is 2.29. The largest absolute Gasteiger partial charge is 0.303 e. The number of Topliss-reactive ketones (excluding diaryl/α,β-unsaturated/α-hetero) is 1. The zero-order valence-corrected chi connectivity index (χ0v) is 13.7. The van der Waals surface area contributed by atoms with Gasteiger partial charge < -0.3 is 4.90 Å². The van der Waals surface area contributed by atoms with E-state index in [9.17, 15) is 4.79 Å². The predicted molar refractivity (Wildman–Crippen MR) is 94.7 cm³/mol. The Morgan fingerprint density at radius 1 is 0.913 bits per heavy atom. The number of aryl methyl sites for hydroxylation is 1. The summed E-state index contributed by atoms with van der Waals surface area (Å²) in [6.45, 7) is 3.25. The average Bonchev–Trinajstić information content (AvgIpc) is 2.63. The number of likely N-dealkylation sites (tertiary alicyclic amines) is 1. The van der Waals surface area contributed by atoms with Crippen molar-refractivity contribution in [2.75, 3.05) is 19.6 Å². The molecule has 0 N–H and O–H groups in total. The van der Waals surface area contributed by atoms with Crippen LogP contribution in [0.5, 0.6) is 0 Å². The fourth-order valence-corrected chi connectivity index (χ4v) is 3.41. The molecule has 3 rings (SSSR count). The lowest BCUT2D eigenvalue weighted by molar-refractivity contribution is 0.0839. The number of rotatable bonds is 6. The van der Waals surface area contributed by atoms with E-state index in [0.29, 0.717) is 5.78 Å². The molecule has 0 amide bonds. The van der Waals surface area contributed by atoms with Crippen LogP contribution in [-0.2, 0) is 6.42 Å². The number of nitrogens with zero attached hydrogens (tertiary/aromatic N) is 1. The minimum atomic E-state index is 0.211. The van der Waals surface area contributed by atoms with E-state index in [0.717, 1.165) is 44.5 Å². The van der Waals surface area contributed by atoms with Crippen molar-refractivity contribution in [3.05, 3.63) is 71.8 Å². The van der Waals surface area contributed by atoms with E-state index in [2.05, 4.69) is 35.2 Å². The van der Waals surface area contributed by atoms with Crippen molar-refractivity contribution >= 4 is 5.78 Å². The van der Waals surface area contributed by atoms with Crippen LogP contribution < -0.4 is 0 Å². The van der Waals surface area contributed by atoms with Crippen LogP contribution >= 0.6 is 0 Å². The number of carbonyl (C=O) groups excluding carboxylic acids is 1. The van der Waals surface area contributed by atoms with Crippen LogP contribution in [0.4, 0.5) is 0 Å². The van der Waals surface area contributed by atoms with Gasteiger partial charge in [0.1, 0.15) is 0 Å². The second-order valence-electron chi connectivity index (χ2n) is 6.44. The van der Waals surface area contributed by atoms with Gasteiger partial charge in [-0.05, 0) is 50.9 Å². The van der Waals surface area contributed by atoms with Gasteiger partial charge in [-0.15, -0.1) is 0 Å². The Balaban J connectivity index is 1.41. The highest BCUT2D eigenvalue weighted by molar-refractivity contribution is 5.97. The molecular formula is C21H25NO. The molecule has 0 spiro atoms. The number of carbonyl (C=O) groups is 1. The number of piperidine rings is 1. The van der Waals surface area contributed by atoms with Gasteiger partial charge in [0.2, 0.25) is 0 Å². The second kappa shape index (κ2) is 8.07. The van der Waals surface area contributed by atoms with E-state index in [1.54, 1.807) is 0 Å². The Kier molecular flexibility index (Phi) is 5.60. The topological polar surface area (TPSA) is 20.3 Å². The van der Waals surface area contributed by atoms with Gasteiger partial charge >= 0.3 is 0 Å². The summed E-state index contributed by atoms with van der Waals surface area (Å²) in [6, 6.07) is 20.4. The Morgan fingerprint density at radius 3 is 2.17 bits per heavy atom. The van der Waals surface area contributed by atoms with Gasteiger partial charge in [0.05, 0.1) is 0 Å². The van der Waals surface area contributed by atoms with Crippen LogP contribution in [0.25, 0.3) is 0 Å². The zero-order chi connectivity index (χ0) is 15.9. The van der Waals surface area contributed by atoms with E-state index < -0.39 is 0 Å². The Bertz CT molecular complexity index is 600. The number of hydrogen-bond donors (Lipinski definition) is 0. The maximum Gasteiger partial charge on any atom is 0.166 e. The van der Waals surface area contributed by atoms with Gasteiger partial charge in [-0.1, -0.05) is 60.7 Å². The number of ketones is 1. The maximum absolute atomic E-state index is 12.5. The molecule has 2 nitrogen and oxygen atoms in total. The highest BCUT2D eigenvalue weighted by atomic mass is 16.1. The molecule has 1 saturated heterocycles. The lowest BCUT2D eigenvalue weighted by atomic mass is 9.89. The molecule has 1 aliphatic heterocycles. The molecule has 120 valence electrons. The highest BCUT2D eigenvalue weighted by Crippen LogP contribution is 2.22. The molecule has 1 aliphatic rings. The summed E-state index contributed by atoms with van der Waals surface area (Å²) in [5, 5.41) is 0. The van der Waals surface area contributed by atoms with Gasteiger partial charge in [-0.3, -0.25) is 4.79 Å². The molecule has 2 heteroatoms. The van der Waals surface area contributed by atoms with Crippen molar-refractivity contribution in [1.82, 2.24) is 4.90 Å². The second-order valence-corrected chi connectivity index (χ2v) is 6.44. The zero-order valence-electron chi connectivity index (χ0n) is 13.7. The van der Waals surface area contributed by atoms with Gasteiger partial charge in [-0.25, -0.2) is 0 Å². The summed E-state index contributed by atoms with van der Waals surface area (Å²) >= 11 is 0. The molecule has 0 atom stereocenters. The monoisotopic (exact) mass is 307 g/mol. The van der Waals surface area contributed by atoms with Gasteiger partial charge in [-0.2, -0.15) is 0 Å². The van der Waals surface area contributed by atoms with Crippen molar-refractivity contribution in [3.8, 4) is 0 Å². The fraction of sp³-hybridized carbons (Fsp3) is 0.381. The van der Waals surface area contributed by atoms with Crippen molar-refractivity contribution in [2.24, 2.45) is 5.92 Å². The van der Waals surface area contributed by atoms with Gasteiger partial charge in [0.25, 0.3) is 0 Å². The summed E-state index contributed by atoms with van der Waals surface area (Å²) in [6.07, 6.45) is 4.34. The predicted octanol–water partition coefficient (Wildman–Crippen LogP) is 4.21. The van der Waals surface area contributed by atoms with Crippen LogP contribution in [-0.4, -0.2) is 30.3 Å². The molecule has 0 radical (unpaired) electrons. The third-order valence-corrected chi connectivity index (χ3v) is 4.80. The quantitative estimate of drug-likeness (QED) is 0.745. The van der Waals surface area contributed by atoms with Crippen molar-refractivity contribution in [3.63, 3.8) is 0 Å². The van der Waals surface area contributed by atoms with Crippen molar-refractivity contribution < 1.29 is 4.79 Å². The summed E-state index contributed by atoms with van der Waals surface area (Å²) in [4.78, 5) is 15.0. The SMILES string of the molecule is O=C(c1ccccc1)C1CCN(CCCc2ccccc2)CC1. The Labute approximate surface area is 139 Å². The first-order valence-corrected chi connectivity index (χ1v) is 8.68. The smallest absolute Gasteiger partial charge is 0.166 e. The Morgan fingerprint density at radius 2 is 1.52 bits per heavy atom. The van der Waals surface area contributed by atoms with Crippen LogP contribution in [0.15, 0.2) is 60.7 Å². The molecule has 1 fully saturated rings. The summed E-state index contributed by atoms with van der Waals surface area (Å²) in [5.74, 6) is 0.539. The minimum Gasteiger partial charge on any atom is -0.303 e. The van der Waals surface area contributed by atoms with Crippen LogP contribution in [0.3, 0.4) is 0 Å². The van der Waals surface area contributed by atoms with E-state index in [1.807, 2.05) is 30.3 Å². The van der Waals surface area contributed by atoms with Crippen LogP contribution in [0, 0.1) is 5.92 Å². The molecular weight excluding hydrogens is 282 g/mol. The maximum atomic E-state index is 12.5. The normalized spacial score (nSPS) is 16.3. The van der Waals surface area contributed by atoms with Gasteiger partial charge in [0, 0.05) is 11.5 Å². The highest BCUT2D eigenvalue weighted by Gasteiger charge is 2.25. The van der Waals surface area contributed by atoms with Crippen LogP contribution in [0.2, 0.25) is 0 Å². The third kappa shape index (κ3) is 4.52. The molecule has 0 aliphatic carbocycles. The molecule has 0 saturated carbocycles. The molecule has 0 bridgehead atoms. The molecule has 0 aromatic heterocycles. The van der Waals surface area contributed by atoms with E-state index in [-0.39, 0.29) is 5.92 Å². The first-order chi connectivity index (χ1) is 11.3. The van der Waals surface area contributed by atoms with Crippen molar-refractivity contribution in [2.45, 2.75) is 25.7 Å². The molecule has 1 heterocycles. The Hall–Kier alpha value is -1.93. The van der Waals surface area contributed by atoms with Crippen LogP contribution in [0.1, 0.15) is 35.2 Å². The van der Waals surface area contributed by atoms with Gasteiger partial charge in [0.15, 0.2) is 5.78 Å². The van der Waals surface area contributed by atoms with Crippen molar-refractivity contribution in [1.29, 1.82) is 0 Å². The number of benzene rings is 2. The van der Waals surface area contributed by atoms with E-state index in [1.165, 1.54) is 12.0 Å². The van der Waals surface area contributed by atoms with E-state index >= 15 is 0 Å². The lowest BCUT2D eigenvalue weighted by Gasteiger charge is -2.31. The van der Waals surface area contributed by atoms with E-state index in [4.69, 9.17) is 0 Å². The lowest BCUT2D eigenvalue weighted by Crippen LogP contribution is -2.37. The first kappa shape index (κ1) is 15.9. The molecule has 2 aromatic carbocycles. The minimum absolute atomic E-state index is 0.211. The molecule has 23 heavy (non-hydrogen) atoms.